The van der Waals surface area contributed by atoms with Gasteiger partial charge in [-0.1, -0.05) is 18.2 Å². The molecule has 0 aliphatic heterocycles. The normalized spacial score (nSPS) is 12.1. The van der Waals surface area contributed by atoms with Crippen LogP contribution in [-0.4, -0.2) is 26.7 Å². The van der Waals surface area contributed by atoms with Crippen LogP contribution in [0.15, 0.2) is 69.0 Å². The molecule has 0 saturated heterocycles. The fourth-order valence-corrected chi connectivity index (χ4v) is 4.07. The van der Waals surface area contributed by atoms with Crippen molar-refractivity contribution in [2.45, 2.75) is 42.6 Å². The third-order valence-electron chi connectivity index (χ3n) is 4.05. The zero-order valence-corrected chi connectivity index (χ0v) is 16.9. The van der Waals surface area contributed by atoms with Gasteiger partial charge in [0.05, 0.1) is 16.1 Å². The molecule has 1 heterocycles. The topological polar surface area (TPSA) is 85.6 Å². The highest BCUT2D eigenvalue weighted by Crippen LogP contribution is 2.27. The van der Waals surface area contributed by atoms with E-state index in [1.807, 2.05) is 0 Å². The van der Waals surface area contributed by atoms with E-state index in [1.54, 1.807) is 69.5 Å². The number of alkyl carbamates (subject to hydrolysis) is 1. The van der Waals surface area contributed by atoms with E-state index in [4.69, 9.17) is 9.15 Å². The molecule has 0 saturated carbocycles. The van der Waals surface area contributed by atoms with Crippen LogP contribution in [0.25, 0.3) is 11.0 Å². The van der Waals surface area contributed by atoms with Gasteiger partial charge in [0.15, 0.2) is 0 Å². The molecule has 7 heteroatoms. The van der Waals surface area contributed by atoms with Gasteiger partial charge >= 0.3 is 6.09 Å². The van der Waals surface area contributed by atoms with Gasteiger partial charge < -0.3 is 14.5 Å². The molecule has 6 nitrogen and oxygen atoms in total. The predicted octanol–water partition coefficient (Wildman–Crippen LogP) is 4.33. The van der Waals surface area contributed by atoms with Crippen molar-refractivity contribution in [2.75, 3.05) is 6.54 Å². The van der Waals surface area contributed by atoms with Gasteiger partial charge in [-0.05, 0) is 57.0 Å². The van der Waals surface area contributed by atoms with E-state index in [-0.39, 0.29) is 9.79 Å². The predicted molar refractivity (Wildman–Crippen MR) is 106 cm³/mol. The van der Waals surface area contributed by atoms with Gasteiger partial charge in [0, 0.05) is 18.0 Å². The van der Waals surface area contributed by atoms with Crippen LogP contribution in [-0.2, 0) is 21.0 Å². The van der Waals surface area contributed by atoms with E-state index in [0.717, 1.165) is 10.9 Å². The summed E-state index contributed by atoms with van der Waals surface area (Å²) in [5.74, 6) is 0. The molecule has 0 aliphatic rings. The third kappa shape index (κ3) is 4.54. The first-order valence-electron chi connectivity index (χ1n) is 8.94. The minimum Gasteiger partial charge on any atom is -0.464 e. The fraction of sp³-hybridized carbons (Fsp3) is 0.286. The average molecular weight is 401 g/mol. The first-order valence-corrected chi connectivity index (χ1v) is 10.4. The van der Waals surface area contributed by atoms with Crippen LogP contribution in [0.2, 0.25) is 0 Å². The molecule has 3 aromatic rings. The molecule has 0 radical (unpaired) electrons. The molecule has 0 atom stereocenters. The Hall–Kier alpha value is -2.80. The second-order valence-electron chi connectivity index (χ2n) is 7.41. The number of carbonyl (C=O) groups excluding carboxylic acids is 1. The first-order chi connectivity index (χ1) is 13.2. The Balaban J connectivity index is 1.74. The van der Waals surface area contributed by atoms with Gasteiger partial charge in [-0.15, -0.1) is 0 Å². The summed E-state index contributed by atoms with van der Waals surface area (Å²) >= 11 is 0. The lowest BCUT2D eigenvalue weighted by atomic mass is 10.1. The number of sulfone groups is 1. The van der Waals surface area contributed by atoms with E-state index >= 15 is 0 Å². The molecule has 0 bridgehead atoms. The number of furan rings is 1. The second kappa shape index (κ2) is 7.67. The van der Waals surface area contributed by atoms with Crippen molar-refractivity contribution in [1.82, 2.24) is 5.32 Å². The smallest absolute Gasteiger partial charge is 0.407 e. The van der Waals surface area contributed by atoms with Crippen molar-refractivity contribution in [2.24, 2.45) is 0 Å². The summed E-state index contributed by atoms with van der Waals surface area (Å²) in [6.45, 7) is 5.79. The highest BCUT2D eigenvalue weighted by molar-refractivity contribution is 7.91. The SMILES string of the molecule is CC(C)(C)OC(=O)NCCc1coc2cc(S(=O)(=O)c3ccccc3)ccc12. The fourth-order valence-electron chi connectivity index (χ4n) is 2.77. The molecule has 1 amide bonds. The Labute approximate surface area is 164 Å². The Morgan fingerprint density at radius 2 is 1.79 bits per heavy atom. The number of hydrogen-bond acceptors (Lipinski definition) is 5. The first kappa shape index (κ1) is 19.9. The molecule has 28 heavy (non-hydrogen) atoms. The zero-order valence-electron chi connectivity index (χ0n) is 16.1. The Morgan fingerprint density at radius 3 is 2.46 bits per heavy atom. The number of ether oxygens (including phenoxy) is 1. The lowest BCUT2D eigenvalue weighted by molar-refractivity contribution is 0.0528. The number of rotatable bonds is 5. The van der Waals surface area contributed by atoms with E-state index < -0.39 is 21.5 Å². The second-order valence-corrected chi connectivity index (χ2v) is 9.36. The van der Waals surface area contributed by atoms with Crippen molar-refractivity contribution >= 4 is 26.9 Å². The monoisotopic (exact) mass is 401 g/mol. The van der Waals surface area contributed by atoms with Crippen LogP contribution in [0.4, 0.5) is 4.79 Å². The summed E-state index contributed by atoms with van der Waals surface area (Å²) < 4.78 is 36.2. The van der Waals surface area contributed by atoms with Crippen LogP contribution >= 0.6 is 0 Å². The van der Waals surface area contributed by atoms with Gasteiger partial charge in [0.1, 0.15) is 11.2 Å². The summed E-state index contributed by atoms with van der Waals surface area (Å²) in [5.41, 5.74) is 0.826. The summed E-state index contributed by atoms with van der Waals surface area (Å²) in [6.07, 6.45) is 1.65. The summed E-state index contributed by atoms with van der Waals surface area (Å²) in [5, 5.41) is 3.52. The highest BCUT2D eigenvalue weighted by Gasteiger charge is 2.19. The van der Waals surface area contributed by atoms with Crippen LogP contribution in [0.1, 0.15) is 26.3 Å². The quantitative estimate of drug-likeness (QED) is 0.688. The summed E-state index contributed by atoms with van der Waals surface area (Å²) in [4.78, 5) is 12.1. The minimum absolute atomic E-state index is 0.180. The van der Waals surface area contributed by atoms with Gasteiger partial charge in [-0.25, -0.2) is 13.2 Å². The van der Waals surface area contributed by atoms with E-state index in [0.29, 0.717) is 18.5 Å². The van der Waals surface area contributed by atoms with Crippen molar-refractivity contribution in [3.8, 4) is 0 Å². The molecule has 148 valence electrons. The minimum atomic E-state index is -3.60. The molecule has 0 spiro atoms. The number of hydrogen-bond donors (Lipinski definition) is 1. The summed E-state index contributed by atoms with van der Waals surface area (Å²) in [7, 11) is -3.60. The molecule has 0 fully saturated rings. The lowest BCUT2D eigenvalue weighted by Gasteiger charge is -2.19. The van der Waals surface area contributed by atoms with Crippen molar-refractivity contribution < 1.29 is 22.4 Å². The maximum absolute atomic E-state index is 12.7. The van der Waals surface area contributed by atoms with E-state index in [1.165, 1.54) is 6.07 Å². The number of amides is 1. The Morgan fingerprint density at radius 1 is 1.07 bits per heavy atom. The van der Waals surface area contributed by atoms with Crippen LogP contribution < -0.4 is 5.32 Å². The third-order valence-corrected chi connectivity index (χ3v) is 5.82. The van der Waals surface area contributed by atoms with E-state index in [2.05, 4.69) is 5.32 Å². The van der Waals surface area contributed by atoms with E-state index in [9.17, 15) is 13.2 Å². The van der Waals surface area contributed by atoms with Gasteiger partial charge in [0.25, 0.3) is 0 Å². The van der Waals surface area contributed by atoms with Crippen molar-refractivity contribution in [3.63, 3.8) is 0 Å². The Bertz CT molecular complexity index is 1080. The number of nitrogens with one attached hydrogen (secondary N) is 1. The van der Waals surface area contributed by atoms with Gasteiger partial charge in [-0.3, -0.25) is 0 Å². The molecule has 2 aromatic carbocycles. The number of carbonyl (C=O) groups is 1. The van der Waals surface area contributed by atoms with Crippen LogP contribution in [0.5, 0.6) is 0 Å². The largest absolute Gasteiger partial charge is 0.464 e. The maximum atomic E-state index is 12.7. The number of fused-ring (bicyclic) bond motifs is 1. The summed E-state index contributed by atoms with van der Waals surface area (Å²) in [6, 6.07) is 13.1. The zero-order chi connectivity index (χ0) is 20.4. The molecule has 1 aromatic heterocycles. The number of benzene rings is 2. The van der Waals surface area contributed by atoms with Gasteiger partial charge in [-0.2, -0.15) is 0 Å². The molecular weight excluding hydrogens is 378 g/mol. The highest BCUT2D eigenvalue weighted by atomic mass is 32.2. The molecule has 1 N–H and O–H groups in total. The molecule has 0 aliphatic carbocycles. The van der Waals surface area contributed by atoms with Gasteiger partial charge in [0.2, 0.25) is 9.84 Å². The van der Waals surface area contributed by atoms with Crippen LogP contribution in [0, 0.1) is 0 Å². The molecule has 0 unspecified atom stereocenters. The standard InChI is InChI=1S/C21H23NO5S/c1-21(2,3)27-20(23)22-12-11-15-14-26-19-13-17(9-10-18(15)19)28(24,25)16-7-5-4-6-8-16/h4-10,13-14H,11-12H2,1-3H3,(H,22,23). The van der Waals surface area contributed by atoms with Crippen molar-refractivity contribution in [1.29, 1.82) is 0 Å². The Kier molecular flexibility index (Phi) is 5.47. The molecule has 3 rings (SSSR count). The maximum Gasteiger partial charge on any atom is 0.407 e. The van der Waals surface area contributed by atoms with Crippen molar-refractivity contribution in [3.05, 3.63) is 60.4 Å². The van der Waals surface area contributed by atoms with Crippen LogP contribution in [0.3, 0.4) is 0 Å². The molecular formula is C21H23NO5S. The lowest BCUT2D eigenvalue weighted by Crippen LogP contribution is -2.33. The average Bonchev–Trinajstić information content (AvgIpc) is 3.03.